The van der Waals surface area contributed by atoms with Crippen LogP contribution in [0.1, 0.15) is 62.3 Å². The van der Waals surface area contributed by atoms with Gasteiger partial charge in [0.2, 0.25) is 5.91 Å². The third kappa shape index (κ3) is 18.6. The molecule has 0 bridgehead atoms. The summed E-state index contributed by atoms with van der Waals surface area (Å²) in [5.41, 5.74) is 5.16. The Morgan fingerprint density at radius 1 is 0.660 bits per heavy atom. The van der Waals surface area contributed by atoms with Gasteiger partial charge in [-0.2, -0.15) is 23.5 Å². The van der Waals surface area contributed by atoms with Crippen LogP contribution in [-0.2, 0) is 23.8 Å². The summed E-state index contributed by atoms with van der Waals surface area (Å²) in [5.74, 6) is -0.525. The topological polar surface area (TPSA) is 180 Å². The molecule has 2 rings (SSSR count). The van der Waals surface area contributed by atoms with Gasteiger partial charge in [-0.05, 0) is 41.5 Å². The Kier molecular flexibility index (Phi) is 17.7. The van der Waals surface area contributed by atoms with Crippen LogP contribution in [0.4, 0.5) is 9.59 Å². The lowest BCUT2D eigenvalue weighted by atomic mass is 10.2. The number of benzene rings is 2. The smallest absolute Gasteiger partial charge is 0.408 e. The zero-order valence-electron chi connectivity index (χ0n) is 27.8. The number of carbonyl (C=O) groups excluding carboxylic acids is 6. The van der Waals surface area contributed by atoms with E-state index in [1.165, 1.54) is 30.6 Å². The van der Waals surface area contributed by atoms with Crippen LogP contribution in [0.5, 0.6) is 0 Å². The fraction of sp³-hybridized carbons (Fsp3) is 0.455. The van der Waals surface area contributed by atoms with E-state index in [9.17, 15) is 28.8 Å². The second-order valence-electron chi connectivity index (χ2n) is 11.9. The van der Waals surface area contributed by atoms with Gasteiger partial charge in [0.15, 0.2) is 11.6 Å². The van der Waals surface area contributed by atoms with E-state index >= 15 is 0 Å². The molecule has 0 saturated heterocycles. The van der Waals surface area contributed by atoms with E-state index in [-0.39, 0.29) is 34.6 Å². The number of carbonyl (C=O) groups is 6. The lowest BCUT2D eigenvalue weighted by Crippen LogP contribution is -2.47. The highest BCUT2D eigenvalue weighted by Gasteiger charge is 2.26. The van der Waals surface area contributed by atoms with Crippen molar-refractivity contribution >= 4 is 59.2 Å². The first kappa shape index (κ1) is 41.0. The molecule has 3 amide bonds. The number of esters is 1. The first-order valence-corrected chi connectivity index (χ1v) is 16.9. The molecule has 2 atom stereocenters. The quantitative estimate of drug-likeness (QED) is 0.143. The van der Waals surface area contributed by atoms with E-state index in [1.807, 2.05) is 12.1 Å². The van der Waals surface area contributed by atoms with Gasteiger partial charge in [-0.25, -0.2) is 14.4 Å². The summed E-state index contributed by atoms with van der Waals surface area (Å²) in [4.78, 5) is 70.6. The average Bonchev–Trinajstić information content (AvgIpc) is 2.98. The summed E-state index contributed by atoms with van der Waals surface area (Å²) < 4.78 is 14.9. The van der Waals surface area contributed by atoms with Gasteiger partial charge in [-0.15, -0.1) is 0 Å². The van der Waals surface area contributed by atoms with E-state index in [1.54, 1.807) is 90.1 Å². The summed E-state index contributed by atoms with van der Waals surface area (Å²) >= 11 is 2.48. The number of hydrogen-bond donors (Lipinski definition) is 3. The summed E-state index contributed by atoms with van der Waals surface area (Å²) in [7, 11) is 1.24. The predicted molar refractivity (Wildman–Crippen MR) is 184 cm³/mol. The largest absolute Gasteiger partial charge is 0.467 e. The molecule has 0 fully saturated rings. The van der Waals surface area contributed by atoms with Crippen molar-refractivity contribution in [2.24, 2.45) is 5.73 Å². The molecule has 4 N–H and O–H groups in total. The van der Waals surface area contributed by atoms with Crippen molar-refractivity contribution in [3.8, 4) is 0 Å². The number of rotatable bonds is 14. The Bertz CT molecular complexity index is 1330. The number of Topliss-reactive ketones (excluding diaryl/α,β-unsaturated/α-hetero) is 2. The maximum Gasteiger partial charge on any atom is 0.408 e. The minimum atomic E-state index is -0.890. The first-order chi connectivity index (χ1) is 21.9. The number of nitrogens with one attached hydrogen (secondary N) is 2. The first-order valence-electron chi connectivity index (χ1n) is 14.6. The van der Waals surface area contributed by atoms with Gasteiger partial charge in [0.1, 0.15) is 23.3 Å². The number of alkyl carbamates (subject to hydrolysis) is 2. The Morgan fingerprint density at radius 2 is 1.02 bits per heavy atom. The van der Waals surface area contributed by atoms with Gasteiger partial charge in [0.25, 0.3) is 0 Å². The number of nitrogens with two attached hydrogens (primary N) is 1. The number of ether oxygens (including phenoxy) is 3. The van der Waals surface area contributed by atoms with E-state index < -0.39 is 47.3 Å². The van der Waals surface area contributed by atoms with Crippen molar-refractivity contribution in [1.29, 1.82) is 0 Å². The molecule has 2 aromatic rings. The Balaban J connectivity index is 0.000000470. The van der Waals surface area contributed by atoms with Gasteiger partial charge in [0, 0.05) is 22.6 Å². The Morgan fingerprint density at radius 3 is 1.36 bits per heavy atom. The predicted octanol–water partition coefficient (Wildman–Crippen LogP) is 4.65. The van der Waals surface area contributed by atoms with Crippen molar-refractivity contribution < 1.29 is 43.0 Å². The van der Waals surface area contributed by atoms with Gasteiger partial charge >= 0.3 is 18.2 Å². The van der Waals surface area contributed by atoms with E-state index in [4.69, 9.17) is 15.2 Å². The molecule has 2 unspecified atom stereocenters. The van der Waals surface area contributed by atoms with E-state index in [0.717, 1.165) is 0 Å². The third-order valence-electron chi connectivity index (χ3n) is 5.44. The number of primary amides is 1. The molecule has 14 heteroatoms. The zero-order valence-corrected chi connectivity index (χ0v) is 29.5. The second kappa shape index (κ2) is 20.3. The Labute approximate surface area is 284 Å². The van der Waals surface area contributed by atoms with Gasteiger partial charge < -0.3 is 30.6 Å². The molecule has 0 aliphatic heterocycles. The van der Waals surface area contributed by atoms with Gasteiger partial charge in [0.05, 0.1) is 18.6 Å². The molecule has 0 saturated carbocycles. The maximum atomic E-state index is 12.0. The third-order valence-corrected chi connectivity index (χ3v) is 7.51. The minimum absolute atomic E-state index is 0.0403. The van der Waals surface area contributed by atoms with Crippen LogP contribution in [0.3, 0.4) is 0 Å². The normalized spacial score (nSPS) is 12.2. The van der Waals surface area contributed by atoms with Crippen LogP contribution >= 0.6 is 23.5 Å². The standard InChI is InChI=1S/C17H23NO5S.C16H22N2O4S/c1-17(2,3)23-16(21)18-13(15(20)22-4)10-24-11-14(19)12-8-6-5-7-9-12;1-16(2,3)22-15(21)18-12(14(17)20)9-23-10-13(19)11-7-5-4-6-8-11/h5-9,13H,10-11H2,1-4H3,(H,18,21);4-8,12H,9-10H2,1-3H3,(H2,17,20)(H,18,21). The molecule has 12 nitrogen and oxygen atoms in total. The maximum absolute atomic E-state index is 12.0. The highest BCUT2D eigenvalue weighted by atomic mass is 32.2. The molecule has 2 aromatic carbocycles. The van der Waals surface area contributed by atoms with Crippen molar-refractivity contribution in [1.82, 2.24) is 10.6 Å². The lowest BCUT2D eigenvalue weighted by Gasteiger charge is -2.22. The summed E-state index contributed by atoms with van der Waals surface area (Å²) in [5, 5.41) is 4.89. The average molecular weight is 692 g/mol. The van der Waals surface area contributed by atoms with Crippen LogP contribution in [0.2, 0.25) is 0 Å². The van der Waals surface area contributed by atoms with Crippen LogP contribution in [0, 0.1) is 0 Å². The molecule has 0 radical (unpaired) electrons. The molecule has 0 aliphatic carbocycles. The Hall–Kier alpha value is -4.04. The van der Waals surface area contributed by atoms with Crippen LogP contribution < -0.4 is 16.4 Å². The highest BCUT2D eigenvalue weighted by Crippen LogP contribution is 2.13. The van der Waals surface area contributed by atoms with E-state index in [2.05, 4.69) is 15.4 Å². The lowest BCUT2D eigenvalue weighted by molar-refractivity contribution is -0.142. The SMILES string of the molecule is CC(C)(C)OC(=O)NC(CSCC(=O)c1ccccc1)C(N)=O.COC(=O)C(CSCC(=O)c1ccccc1)NC(=O)OC(C)(C)C. The molecule has 47 heavy (non-hydrogen) atoms. The van der Waals surface area contributed by atoms with Gasteiger partial charge in [-0.1, -0.05) is 60.7 Å². The van der Waals surface area contributed by atoms with Gasteiger partial charge in [-0.3, -0.25) is 14.4 Å². The number of methoxy groups -OCH3 is 1. The van der Waals surface area contributed by atoms with Crippen LogP contribution in [-0.4, -0.2) is 89.0 Å². The van der Waals surface area contributed by atoms with Crippen molar-refractivity contribution in [3.63, 3.8) is 0 Å². The van der Waals surface area contributed by atoms with Crippen molar-refractivity contribution in [2.45, 2.75) is 64.8 Å². The fourth-order valence-electron chi connectivity index (χ4n) is 3.36. The van der Waals surface area contributed by atoms with Crippen molar-refractivity contribution in [3.05, 3.63) is 71.8 Å². The zero-order chi connectivity index (χ0) is 35.6. The van der Waals surface area contributed by atoms with Crippen LogP contribution in [0.25, 0.3) is 0 Å². The highest BCUT2D eigenvalue weighted by molar-refractivity contribution is 8.00. The summed E-state index contributed by atoms with van der Waals surface area (Å²) in [6, 6.07) is 16.0. The minimum Gasteiger partial charge on any atom is -0.467 e. The molecule has 0 spiro atoms. The number of ketones is 2. The number of thioether (sulfide) groups is 2. The second-order valence-corrected chi connectivity index (χ2v) is 14.0. The monoisotopic (exact) mass is 691 g/mol. The van der Waals surface area contributed by atoms with Crippen LogP contribution in [0.15, 0.2) is 60.7 Å². The molecule has 0 aliphatic rings. The molecular weight excluding hydrogens is 647 g/mol. The fourth-order valence-corrected chi connectivity index (χ4v) is 5.24. The van der Waals surface area contributed by atoms with Crippen molar-refractivity contribution in [2.75, 3.05) is 30.1 Å². The summed E-state index contributed by atoms with van der Waals surface area (Å²) in [6.07, 6.45) is -1.41. The molecule has 0 aromatic heterocycles. The summed E-state index contributed by atoms with van der Waals surface area (Å²) in [6.45, 7) is 10.4. The van der Waals surface area contributed by atoms with E-state index in [0.29, 0.717) is 11.1 Å². The molecule has 258 valence electrons. The number of amides is 3. The number of hydrogen-bond acceptors (Lipinski definition) is 11. The molecule has 0 heterocycles. The molecular formula is C33H45N3O9S2.